The Balaban J connectivity index is 2.14. The lowest BCUT2D eigenvalue weighted by atomic mass is 9.93. The third-order valence-electron chi connectivity index (χ3n) is 4.14. The van der Waals surface area contributed by atoms with E-state index < -0.39 is 17.7 Å². The number of halogens is 1. The van der Waals surface area contributed by atoms with Crippen molar-refractivity contribution in [2.24, 2.45) is 5.92 Å². The molecule has 22 heavy (non-hydrogen) atoms. The lowest BCUT2D eigenvalue weighted by molar-refractivity contribution is -0.147. The van der Waals surface area contributed by atoms with Crippen molar-refractivity contribution in [2.75, 3.05) is 13.7 Å². The molecule has 1 aliphatic heterocycles. The molecule has 2 unspecified atom stereocenters. The monoisotopic (exact) mass is 309 g/mol. The Bertz CT molecular complexity index is 575. The first kappa shape index (κ1) is 16.3. The molecule has 1 N–H and O–H groups in total. The quantitative estimate of drug-likeness (QED) is 0.925. The van der Waals surface area contributed by atoms with E-state index in [4.69, 9.17) is 9.84 Å². The Morgan fingerprint density at radius 2 is 2.14 bits per heavy atom. The van der Waals surface area contributed by atoms with Crippen LogP contribution in [0.5, 0.6) is 5.75 Å². The molecule has 1 aliphatic rings. The highest BCUT2D eigenvalue weighted by Crippen LogP contribution is 2.25. The highest BCUT2D eigenvalue weighted by atomic mass is 19.1. The van der Waals surface area contributed by atoms with Crippen molar-refractivity contribution >= 4 is 11.9 Å². The number of aliphatic carboxylic acids is 1. The zero-order valence-electron chi connectivity index (χ0n) is 12.7. The zero-order chi connectivity index (χ0) is 16.3. The highest BCUT2D eigenvalue weighted by Gasteiger charge is 2.32. The smallest absolute Gasteiger partial charge is 0.308 e. The second-order valence-electron chi connectivity index (χ2n) is 5.64. The highest BCUT2D eigenvalue weighted by molar-refractivity contribution is 5.81. The molecule has 1 aromatic rings. The van der Waals surface area contributed by atoms with E-state index in [1.54, 1.807) is 4.90 Å². The van der Waals surface area contributed by atoms with Gasteiger partial charge >= 0.3 is 5.97 Å². The first-order valence-electron chi connectivity index (χ1n) is 7.27. The van der Waals surface area contributed by atoms with E-state index in [2.05, 4.69) is 0 Å². The summed E-state index contributed by atoms with van der Waals surface area (Å²) in [4.78, 5) is 25.2. The lowest BCUT2D eigenvalue weighted by Gasteiger charge is -2.36. The molecule has 2 atom stereocenters. The van der Waals surface area contributed by atoms with Crippen LogP contribution in [0.4, 0.5) is 4.39 Å². The van der Waals surface area contributed by atoms with Gasteiger partial charge in [0.2, 0.25) is 5.91 Å². The van der Waals surface area contributed by atoms with Gasteiger partial charge < -0.3 is 14.7 Å². The largest absolute Gasteiger partial charge is 0.496 e. The van der Waals surface area contributed by atoms with Crippen molar-refractivity contribution in [2.45, 2.75) is 32.2 Å². The van der Waals surface area contributed by atoms with E-state index in [1.165, 1.54) is 25.3 Å². The minimum absolute atomic E-state index is 0.00237. The summed E-state index contributed by atoms with van der Waals surface area (Å²) in [5, 5.41) is 9.12. The number of carbonyl (C=O) groups is 2. The van der Waals surface area contributed by atoms with Gasteiger partial charge in [-0.3, -0.25) is 9.59 Å². The molecule has 0 bridgehead atoms. The molecule has 1 saturated heterocycles. The molecular formula is C16H20FNO4. The molecule has 0 radical (unpaired) electrons. The SMILES string of the molecule is COc1ccc(F)cc1CC(=O)N1CC(C(=O)O)CCC1C. The van der Waals surface area contributed by atoms with Crippen LogP contribution in [0.25, 0.3) is 0 Å². The van der Waals surface area contributed by atoms with E-state index in [0.717, 1.165) is 0 Å². The number of carbonyl (C=O) groups excluding carboxylic acids is 1. The first-order chi connectivity index (χ1) is 10.4. The maximum absolute atomic E-state index is 13.4. The summed E-state index contributed by atoms with van der Waals surface area (Å²) in [5.74, 6) is -1.60. The van der Waals surface area contributed by atoms with Crippen LogP contribution in [0, 0.1) is 11.7 Å². The molecule has 0 aromatic heterocycles. The van der Waals surface area contributed by atoms with Gasteiger partial charge in [-0.05, 0) is 38.0 Å². The maximum Gasteiger partial charge on any atom is 0.308 e. The fourth-order valence-electron chi connectivity index (χ4n) is 2.81. The van der Waals surface area contributed by atoms with E-state index in [0.29, 0.717) is 24.2 Å². The van der Waals surface area contributed by atoms with Crippen LogP contribution in [-0.4, -0.2) is 41.6 Å². The molecule has 1 amide bonds. The second kappa shape index (κ2) is 6.77. The third-order valence-corrected chi connectivity index (χ3v) is 4.14. The number of hydrogen-bond donors (Lipinski definition) is 1. The van der Waals surface area contributed by atoms with Crippen LogP contribution >= 0.6 is 0 Å². The van der Waals surface area contributed by atoms with E-state index in [9.17, 15) is 14.0 Å². The number of carboxylic acid groups (broad SMARTS) is 1. The number of rotatable bonds is 4. The summed E-state index contributed by atoms with van der Waals surface area (Å²) in [6.07, 6.45) is 1.23. The normalized spacial score (nSPS) is 21.5. The summed E-state index contributed by atoms with van der Waals surface area (Å²) in [5.41, 5.74) is 0.470. The van der Waals surface area contributed by atoms with Crippen molar-refractivity contribution in [1.82, 2.24) is 4.90 Å². The van der Waals surface area contributed by atoms with Gasteiger partial charge in [0.05, 0.1) is 19.4 Å². The van der Waals surface area contributed by atoms with Gasteiger partial charge in [0.25, 0.3) is 0 Å². The molecule has 120 valence electrons. The maximum atomic E-state index is 13.4. The molecule has 2 rings (SSSR count). The van der Waals surface area contributed by atoms with Gasteiger partial charge in [0.1, 0.15) is 11.6 Å². The number of ether oxygens (including phenoxy) is 1. The van der Waals surface area contributed by atoms with Gasteiger partial charge in [0.15, 0.2) is 0 Å². The van der Waals surface area contributed by atoms with E-state index in [-0.39, 0.29) is 24.9 Å². The number of benzene rings is 1. The molecule has 0 aliphatic carbocycles. The van der Waals surface area contributed by atoms with E-state index in [1.807, 2.05) is 6.92 Å². The molecular weight excluding hydrogens is 289 g/mol. The van der Waals surface area contributed by atoms with Gasteiger partial charge in [0, 0.05) is 18.2 Å². The lowest BCUT2D eigenvalue weighted by Crippen LogP contribution is -2.47. The number of piperidine rings is 1. The van der Waals surface area contributed by atoms with Gasteiger partial charge in [-0.25, -0.2) is 4.39 Å². The van der Waals surface area contributed by atoms with Crippen LogP contribution in [-0.2, 0) is 16.0 Å². The molecule has 0 saturated carbocycles. The number of carboxylic acids is 1. The Labute approximate surface area is 128 Å². The van der Waals surface area contributed by atoms with Crippen LogP contribution < -0.4 is 4.74 Å². The summed E-state index contributed by atoms with van der Waals surface area (Å²) >= 11 is 0. The Kier molecular flexibility index (Phi) is 5.00. The summed E-state index contributed by atoms with van der Waals surface area (Å²) in [6.45, 7) is 2.10. The van der Waals surface area contributed by atoms with Crippen molar-refractivity contribution < 1.29 is 23.8 Å². The standard InChI is InChI=1S/C16H20FNO4/c1-10-3-4-11(16(20)21)9-18(10)15(19)8-12-7-13(17)5-6-14(12)22-2/h5-7,10-11H,3-4,8-9H2,1-2H3,(H,20,21). The third kappa shape index (κ3) is 3.55. The fourth-order valence-corrected chi connectivity index (χ4v) is 2.81. The zero-order valence-corrected chi connectivity index (χ0v) is 12.7. The van der Waals surface area contributed by atoms with Crippen LogP contribution in [0.3, 0.4) is 0 Å². The molecule has 0 spiro atoms. The average molecular weight is 309 g/mol. The minimum atomic E-state index is -0.881. The predicted molar refractivity (Wildman–Crippen MR) is 78.2 cm³/mol. The van der Waals surface area contributed by atoms with Crippen molar-refractivity contribution in [3.63, 3.8) is 0 Å². The topological polar surface area (TPSA) is 66.8 Å². The summed E-state index contributed by atoms with van der Waals surface area (Å²) in [6, 6.07) is 4.02. The summed E-state index contributed by atoms with van der Waals surface area (Å²) < 4.78 is 18.5. The predicted octanol–water partition coefficient (Wildman–Crippen LogP) is 2.09. The van der Waals surface area contributed by atoms with Gasteiger partial charge in [-0.2, -0.15) is 0 Å². The molecule has 5 nitrogen and oxygen atoms in total. The second-order valence-corrected chi connectivity index (χ2v) is 5.64. The number of amides is 1. The van der Waals surface area contributed by atoms with Gasteiger partial charge in [-0.15, -0.1) is 0 Å². The van der Waals surface area contributed by atoms with Crippen LogP contribution in [0.15, 0.2) is 18.2 Å². The van der Waals surface area contributed by atoms with Crippen molar-refractivity contribution in [3.05, 3.63) is 29.6 Å². The molecule has 6 heteroatoms. The first-order valence-corrected chi connectivity index (χ1v) is 7.27. The minimum Gasteiger partial charge on any atom is -0.496 e. The van der Waals surface area contributed by atoms with E-state index >= 15 is 0 Å². The van der Waals surface area contributed by atoms with Crippen LogP contribution in [0.2, 0.25) is 0 Å². The van der Waals surface area contributed by atoms with Crippen molar-refractivity contribution in [3.8, 4) is 5.75 Å². The Morgan fingerprint density at radius 1 is 1.41 bits per heavy atom. The van der Waals surface area contributed by atoms with Gasteiger partial charge in [-0.1, -0.05) is 0 Å². The summed E-state index contributed by atoms with van der Waals surface area (Å²) in [7, 11) is 1.46. The number of methoxy groups -OCH3 is 1. The number of hydrogen-bond acceptors (Lipinski definition) is 3. The molecule has 1 fully saturated rings. The van der Waals surface area contributed by atoms with Crippen LogP contribution in [0.1, 0.15) is 25.3 Å². The molecule has 1 heterocycles. The average Bonchev–Trinajstić information content (AvgIpc) is 2.47. The number of likely N-dealkylation sites (tertiary alicyclic amines) is 1. The fraction of sp³-hybridized carbons (Fsp3) is 0.500. The van der Waals surface area contributed by atoms with Crippen molar-refractivity contribution in [1.29, 1.82) is 0 Å². The number of nitrogens with zero attached hydrogens (tertiary/aromatic N) is 1. The molecule has 1 aromatic carbocycles. The Hall–Kier alpha value is -2.11. The Morgan fingerprint density at radius 3 is 2.77 bits per heavy atom.